The normalized spacial score (nSPS) is 17.8. The summed E-state index contributed by atoms with van der Waals surface area (Å²) in [6, 6.07) is 5.89. The van der Waals surface area contributed by atoms with Gasteiger partial charge in [0, 0.05) is 9.40 Å². The summed E-state index contributed by atoms with van der Waals surface area (Å²) in [6.45, 7) is 0. The third-order valence-corrected chi connectivity index (χ3v) is 6.00. The standard InChI is InChI=1S/C15H16N2OS2/c16-9-11(10-4-2-1-3-5-10)17-15(18)14-8-13-12(20-14)6-7-19-13/h6-8,10-11H,1-5H2,(H,17,18). The van der Waals surface area contributed by atoms with Gasteiger partial charge in [0.25, 0.3) is 5.91 Å². The molecule has 0 bridgehead atoms. The Morgan fingerprint density at radius 1 is 1.35 bits per heavy atom. The van der Waals surface area contributed by atoms with E-state index >= 15 is 0 Å². The molecule has 20 heavy (non-hydrogen) atoms. The van der Waals surface area contributed by atoms with Crippen molar-refractivity contribution >= 4 is 38.0 Å². The Morgan fingerprint density at radius 2 is 2.15 bits per heavy atom. The summed E-state index contributed by atoms with van der Waals surface area (Å²) < 4.78 is 2.29. The van der Waals surface area contributed by atoms with E-state index in [-0.39, 0.29) is 11.9 Å². The Labute approximate surface area is 126 Å². The predicted molar refractivity (Wildman–Crippen MR) is 83.1 cm³/mol. The molecule has 1 fully saturated rings. The molecule has 1 atom stereocenters. The van der Waals surface area contributed by atoms with Gasteiger partial charge in [0.1, 0.15) is 6.04 Å². The topological polar surface area (TPSA) is 52.9 Å². The van der Waals surface area contributed by atoms with Gasteiger partial charge in [-0.15, -0.1) is 22.7 Å². The second-order valence-electron chi connectivity index (χ2n) is 5.24. The summed E-state index contributed by atoms with van der Waals surface area (Å²) in [5.74, 6) is 0.217. The van der Waals surface area contributed by atoms with E-state index in [1.54, 1.807) is 11.3 Å². The monoisotopic (exact) mass is 304 g/mol. The van der Waals surface area contributed by atoms with Crippen LogP contribution in [-0.2, 0) is 0 Å². The fourth-order valence-corrected chi connectivity index (χ4v) is 4.82. The van der Waals surface area contributed by atoms with Crippen LogP contribution in [0, 0.1) is 17.2 Å². The SMILES string of the molecule is N#CC(NC(=O)c1cc2sccc2s1)C1CCCCC1. The van der Waals surface area contributed by atoms with Gasteiger partial charge in [-0.05, 0) is 36.3 Å². The molecule has 1 aliphatic carbocycles. The van der Waals surface area contributed by atoms with Crippen LogP contribution < -0.4 is 5.32 Å². The van der Waals surface area contributed by atoms with E-state index < -0.39 is 0 Å². The van der Waals surface area contributed by atoms with Gasteiger partial charge in [0.15, 0.2) is 0 Å². The van der Waals surface area contributed by atoms with Crippen molar-refractivity contribution < 1.29 is 4.79 Å². The molecule has 104 valence electrons. The maximum absolute atomic E-state index is 12.3. The van der Waals surface area contributed by atoms with Crippen LogP contribution in [0.15, 0.2) is 17.5 Å². The zero-order valence-corrected chi connectivity index (χ0v) is 12.7. The van der Waals surface area contributed by atoms with Crippen LogP contribution in [0.2, 0.25) is 0 Å². The molecule has 2 aromatic heterocycles. The van der Waals surface area contributed by atoms with Gasteiger partial charge in [0.2, 0.25) is 0 Å². The van der Waals surface area contributed by atoms with Crippen molar-refractivity contribution in [1.29, 1.82) is 5.26 Å². The van der Waals surface area contributed by atoms with Crippen LogP contribution in [0.4, 0.5) is 0 Å². The lowest BCUT2D eigenvalue weighted by Crippen LogP contribution is -2.39. The first-order valence-electron chi connectivity index (χ1n) is 6.95. The van der Waals surface area contributed by atoms with Crippen LogP contribution in [0.1, 0.15) is 41.8 Å². The van der Waals surface area contributed by atoms with E-state index in [2.05, 4.69) is 11.4 Å². The smallest absolute Gasteiger partial charge is 0.262 e. The maximum Gasteiger partial charge on any atom is 0.262 e. The molecule has 3 nitrogen and oxygen atoms in total. The third-order valence-electron chi connectivity index (χ3n) is 3.91. The van der Waals surface area contributed by atoms with Crippen LogP contribution in [0.5, 0.6) is 0 Å². The van der Waals surface area contributed by atoms with Crippen LogP contribution in [-0.4, -0.2) is 11.9 Å². The minimum Gasteiger partial charge on any atom is -0.335 e. The quantitative estimate of drug-likeness (QED) is 0.925. The molecule has 2 heterocycles. The fraction of sp³-hybridized carbons (Fsp3) is 0.467. The molecular formula is C15H16N2OS2. The zero-order chi connectivity index (χ0) is 13.9. The van der Waals surface area contributed by atoms with Gasteiger partial charge < -0.3 is 5.32 Å². The minimum atomic E-state index is -0.345. The molecule has 5 heteroatoms. The van der Waals surface area contributed by atoms with Crippen molar-refractivity contribution in [3.63, 3.8) is 0 Å². The number of amides is 1. The molecule has 1 unspecified atom stereocenters. The Bertz CT molecular complexity index is 618. The van der Waals surface area contributed by atoms with Gasteiger partial charge in [-0.3, -0.25) is 4.79 Å². The first-order chi connectivity index (χ1) is 9.78. The maximum atomic E-state index is 12.3. The van der Waals surface area contributed by atoms with Crippen LogP contribution >= 0.6 is 22.7 Å². The van der Waals surface area contributed by atoms with Crippen molar-refractivity contribution in [2.45, 2.75) is 38.1 Å². The molecule has 0 saturated heterocycles. The summed E-state index contributed by atoms with van der Waals surface area (Å²) in [4.78, 5) is 13.0. The summed E-state index contributed by atoms with van der Waals surface area (Å²) in [6.07, 6.45) is 5.71. The van der Waals surface area contributed by atoms with E-state index in [1.807, 2.05) is 17.5 Å². The van der Waals surface area contributed by atoms with Gasteiger partial charge in [0.05, 0.1) is 10.9 Å². The third kappa shape index (κ3) is 2.72. The van der Waals surface area contributed by atoms with Crippen molar-refractivity contribution in [2.75, 3.05) is 0 Å². The number of hydrogen-bond acceptors (Lipinski definition) is 4. The summed E-state index contributed by atoms with van der Waals surface area (Å²) >= 11 is 3.14. The molecule has 1 saturated carbocycles. The number of fused-ring (bicyclic) bond motifs is 1. The molecule has 1 aliphatic rings. The number of carbonyl (C=O) groups is 1. The molecule has 0 radical (unpaired) electrons. The lowest BCUT2D eigenvalue weighted by molar-refractivity contribution is 0.0933. The van der Waals surface area contributed by atoms with Gasteiger partial charge in [-0.2, -0.15) is 5.26 Å². The molecule has 0 spiro atoms. The van der Waals surface area contributed by atoms with Crippen molar-refractivity contribution in [3.05, 3.63) is 22.4 Å². The highest BCUT2D eigenvalue weighted by atomic mass is 32.1. The zero-order valence-electron chi connectivity index (χ0n) is 11.1. The van der Waals surface area contributed by atoms with Crippen molar-refractivity contribution in [2.24, 2.45) is 5.92 Å². The number of rotatable bonds is 3. The Morgan fingerprint density at radius 3 is 2.85 bits per heavy atom. The Kier molecular flexibility index (Phi) is 4.04. The molecule has 1 amide bonds. The van der Waals surface area contributed by atoms with Gasteiger partial charge >= 0.3 is 0 Å². The second-order valence-corrected chi connectivity index (χ2v) is 7.27. The first-order valence-corrected chi connectivity index (χ1v) is 8.65. The number of thiophene rings is 2. The van der Waals surface area contributed by atoms with E-state index in [4.69, 9.17) is 0 Å². The molecule has 0 aromatic carbocycles. The van der Waals surface area contributed by atoms with Crippen LogP contribution in [0.25, 0.3) is 9.40 Å². The molecule has 1 N–H and O–H groups in total. The summed E-state index contributed by atoms with van der Waals surface area (Å²) in [5, 5.41) is 14.3. The summed E-state index contributed by atoms with van der Waals surface area (Å²) in [7, 11) is 0. The van der Waals surface area contributed by atoms with Crippen molar-refractivity contribution in [1.82, 2.24) is 5.32 Å². The number of carbonyl (C=O) groups excluding carboxylic acids is 1. The largest absolute Gasteiger partial charge is 0.335 e. The van der Waals surface area contributed by atoms with E-state index in [0.717, 1.165) is 22.2 Å². The first kappa shape index (κ1) is 13.6. The van der Waals surface area contributed by atoms with E-state index in [9.17, 15) is 10.1 Å². The highest BCUT2D eigenvalue weighted by Gasteiger charge is 2.25. The number of nitriles is 1. The van der Waals surface area contributed by atoms with Gasteiger partial charge in [-0.25, -0.2) is 0 Å². The lowest BCUT2D eigenvalue weighted by atomic mass is 9.84. The molecule has 2 aromatic rings. The van der Waals surface area contributed by atoms with Crippen molar-refractivity contribution in [3.8, 4) is 6.07 Å². The predicted octanol–water partition coefficient (Wildman–Crippen LogP) is 4.17. The minimum absolute atomic E-state index is 0.101. The Balaban J connectivity index is 1.70. The molecular weight excluding hydrogens is 288 g/mol. The fourth-order valence-electron chi connectivity index (χ4n) is 2.81. The summed E-state index contributed by atoms with van der Waals surface area (Å²) in [5.41, 5.74) is 0. The number of hydrogen-bond donors (Lipinski definition) is 1. The lowest BCUT2D eigenvalue weighted by Gasteiger charge is -2.26. The molecule has 0 aliphatic heterocycles. The average Bonchev–Trinajstić information content (AvgIpc) is 3.06. The van der Waals surface area contributed by atoms with Crippen LogP contribution in [0.3, 0.4) is 0 Å². The highest BCUT2D eigenvalue weighted by molar-refractivity contribution is 7.27. The van der Waals surface area contributed by atoms with E-state index in [0.29, 0.717) is 10.8 Å². The Hall–Kier alpha value is -1.38. The van der Waals surface area contributed by atoms with Gasteiger partial charge in [-0.1, -0.05) is 19.3 Å². The van der Waals surface area contributed by atoms with E-state index in [1.165, 1.54) is 30.6 Å². The number of nitrogens with one attached hydrogen (secondary N) is 1. The average molecular weight is 304 g/mol. The molecule has 3 rings (SSSR count). The number of nitrogens with zero attached hydrogens (tertiary/aromatic N) is 1. The highest BCUT2D eigenvalue weighted by Crippen LogP contribution is 2.30. The second kappa shape index (κ2) is 5.94.